The van der Waals surface area contributed by atoms with Gasteiger partial charge in [-0.25, -0.2) is 9.97 Å². The predicted molar refractivity (Wildman–Crippen MR) is 164 cm³/mol. The molecule has 1 atom stereocenters. The van der Waals surface area contributed by atoms with Gasteiger partial charge in [-0.1, -0.05) is 114 Å². The molecule has 2 aromatic carbocycles. The number of hydrogen-bond donors (Lipinski definition) is 0. The normalized spacial score (nSPS) is 12.0. The van der Waals surface area contributed by atoms with Gasteiger partial charge in [0.1, 0.15) is 12.4 Å². The Balaban J connectivity index is 1.38. The summed E-state index contributed by atoms with van der Waals surface area (Å²) in [7, 11) is 0. The summed E-state index contributed by atoms with van der Waals surface area (Å²) in [6, 6.07) is 16.9. The lowest BCUT2D eigenvalue weighted by Crippen LogP contribution is -2.18. The average molecular weight is 531 g/mol. The first-order valence-electron chi connectivity index (χ1n) is 15.5. The molecule has 0 bridgehead atoms. The zero-order valence-electron chi connectivity index (χ0n) is 24.7. The van der Waals surface area contributed by atoms with Crippen molar-refractivity contribution < 1.29 is 9.47 Å². The third kappa shape index (κ3) is 11.9. The van der Waals surface area contributed by atoms with Crippen LogP contribution in [0.15, 0.2) is 60.9 Å². The highest BCUT2D eigenvalue weighted by Gasteiger charge is 2.06. The lowest BCUT2D eigenvalue weighted by molar-refractivity contribution is 0.0309. The summed E-state index contributed by atoms with van der Waals surface area (Å²) in [5.74, 6) is 1.61. The van der Waals surface area contributed by atoms with Crippen molar-refractivity contribution >= 4 is 0 Å². The van der Waals surface area contributed by atoms with E-state index in [9.17, 15) is 0 Å². The van der Waals surface area contributed by atoms with E-state index in [-0.39, 0.29) is 6.10 Å². The van der Waals surface area contributed by atoms with Gasteiger partial charge in [-0.2, -0.15) is 0 Å². The van der Waals surface area contributed by atoms with Crippen LogP contribution >= 0.6 is 0 Å². The number of nitrogens with zero attached hydrogens (tertiary/aromatic N) is 2. The maximum Gasteiger partial charge on any atom is 0.159 e. The molecule has 0 aliphatic rings. The van der Waals surface area contributed by atoms with Crippen molar-refractivity contribution in [3.05, 3.63) is 66.5 Å². The molecule has 1 aromatic heterocycles. The van der Waals surface area contributed by atoms with Crippen LogP contribution < -0.4 is 4.74 Å². The number of aromatic nitrogens is 2. The van der Waals surface area contributed by atoms with Gasteiger partial charge >= 0.3 is 0 Å². The van der Waals surface area contributed by atoms with Crippen molar-refractivity contribution in [1.29, 1.82) is 0 Å². The van der Waals surface area contributed by atoms with Gasteiger partial charge in [0.25, 0.3) is 0 Å². The zero-order valence-corrected chi connectivity index (χ0v) is 24.7. The minimum absolute atomic E-state index is 0.0888. The Bertz CT molecular complexity index is 1020. The Hall–Kier alpha value is -2.72. The molecule has 1 heterocycles. The molecule has 0 aliphatic carbocycles. The summed E-state index contributed by atoms with van der Waals surface area (Å²) in [6.07, 6.45) is 21.0. The molecule has 4 nitrogen and oxygen atoms in total. The molecule has 4 heteroatoms. The van der Waals surface area contributed by atoms with E-state index in [2.05, 4.69) is 67.1 Å². The summed E-state index contributed by atoms with van der Waals surface area (Å²) >= 11 is 0. The fourth-order valence-electron chi connectivity index (χ4n) is 4.70. The second-order valence-electron chi connectivity index (χ2n) is 10.8. The predicted octanol–water partition coefficient (Wildman–Crippen LogP) is 9.86. The molecule has 0 saturated heterocycles. The van der Waals surface area contributed by atoms with Gasteiger partial charge in [-0.15, -0.1) is 0 Å². The van der Waals surface area contributed by atoms with Crippen LogP contribution in [0, 0.1) is 0 Å². The molecular formula is C35H50N2O2. The number of rotatable bonds is 20. The highest BCUT2D eigenvalue weighted by Crippen LogP contribution is 2.24. The molecule has 39 heavy (non-hydrogen) atoms. The fraction of sp³-hybridized carbons (Fsp3) is 0.543. The first-order chi connectivity index (χ1) is 19.2. The van der Waals surface area contributed by atoms with Gasteiger partial charge in [0.2, 0.25) is 0 Å². The van der Waals surface area contributed by atoms with Gasteiger partial charge in [0, 0.05) is 30.1 Å². The van der Waals surface area contributed by atoms with E-state index < -0.39 is 0 Å². The molecule has 212 valence electrons. The van der Waals surface area contributed by atoms with Gasteiger partial charge < -0.3 is 9.47 Å². The van der Waals surface area contributed by atoms with Crippen LogP contribution in [-0.4, -0.2) is 29.3 Å². The molecule has 3 rings (SSSR count). The summed E-state index contributed by atoms with van der Waals surface area (Å²) in [5, 5.41) is 0. The topological polar surface area (TPSA) is 44.2 Å². The van der Waals surface area contributed by atoms with Gasteiger partial charge in [-0.3, -0.25) is 0 Å². The minimum atomic E-state index is 0.0888. The van der Waals surface area contributed by atoms with Crippen LogP contribution in [0.3, 0.4) is 0 Å². The molecule has 0 radical (unpaired) electrons. The third-order valence-corrected chi connectivity index (χ3v) is 7.26. The number of ether oxygens (including phenoxy) is 2. The van der Waals surface area contributed by atoms with E-state index in [1.165, 1.54) is 69.8 Å². The van der Waals surface area contributed by atoms with E-state index >= 15 is 0 Å². The first kappa shape index (κ1) is 30.8. The molecule has 3 aromatic rings. The zero-order chi connectivity index (χ0) is 27.5. The molecule has 0 aliphatic heterocycles. The quantitative estimate of drug-likeness (QED) is 0.136. The van der Waals surface area contributed by atoms with Gasteiger partial charge in [0.05, 0.1) is 6.10 Å². The smallest absolute Gasteiger partial charge is 0.159 e. The van der Waals surface area contributed by atoms with Crippen LogP contribution in [0.5, 0.6) is 5.75 Å². The molecule has 1 unspecified atom stereocenters. The van der Waals surface area contributed by atoms with Crippen molar-refractivity contribution in [3.8, 4) is 28.3 Å². The van der Waals surface area contributed by atoms with E-state index in [4.69, 9.17) is 9.47 Å². The Morgan fingerprint density at radius 1 is 0.615 bits per heavy atom. The third-order valence-electron chi connectivity index (χ3n) is 7.26. The van der Waals surface area contributed by atoms with Crippen LogP contribution in [0.4, 0.5) is 0 Å². The number of benzene rings is 2. The van der Waals surface area contributed by atoms with Crippen LogP contribution in [0.2, 0.25) is 0 Å². The highest BCUT2D eigenvalue weighted by atomic mass is 16.5. The molecule has 0 amide bonds. The molecule has 0 N–H and O–H groups in total. The highest BCUT2D eigenvalue weighted by molar-refractivity contribution is 5.64. The van der Waals surface area contributed by atoms with Gasteiger partial charge in [0.15, 0.2) is 5.82 Å². The Kier molecular flexibility index (Phi) is 14.7. The molecule has 0 saturated carbocycles. The Labute approximate surface area is 237 Å². The number of unbranched alkanes of at least 4 members (excludes halogenated alkanes) is 10. The lowest BCUT2D eigenvalue weighted by Gasteiger charge is -2.14. The maximum atomic E-state index is 5.88. The van der Waals surface area contributed by atoms with Crippen molar-refractivity contribution in [2.45, 2.75) is 110 Å². The van der Waals surface area contributed by atoms with Crippen molar-refractivity contribution in [3.63, 3.8) is 0 Å². The van der Waals surface area contributed by atoms with Crippen LogP contribution in [0.1, 0.15) is 103 Å². The van der Waals surface area contributed by atoms with Gasteiger partial charge in [-0.05, 0) is 49.4 Å². The molecule has 0 fully saturated rings. The second-order valence-corrected chi connectivity index (χ2v) is 10.8. The maximum absolute atomic E-state index is 5.88. The summed E-state index contributed by atoms with van der Waals surface area (Å²) in [5.41, 5.74) is 4.54. The van der Waals surface area contributed by atoms with Crippen molar-refractivity contribution in [2.24, 2.45) is 0 Å². The lowest BCUT2D eigenvalue weighted by atomic mass is 10.0. The summed E-state index contributed by atoms with van der Waals surface area (Å²) < 4.78 is 11.6. The average Bonchev–Trinajstić information content (AvgIpc) is 2.98. The van der Waals surface area contributed by atoms with Crippen LogP contribution in [0.25, 0.3) is 22.5 Å². The number of hydrogen-bond acceptors (Lipinski definition) is 4. The Morgan fingerprint density at radius 3 is 1.79 bits per heavy atom. The SMILES string of the molecule is CCCCCCCCCCCCc1ccc(-c2ncc(-c3ccc(OCC(C)OCCCC)cc3)cn2)cc1. The standard InChI is InChI=1S/C35H50N2O2/c1-4-6-8-9-10-11-12-13-14-15-16-30-17-19-32(20-18-30)35-36-26-33(27-37-35)31-21-23-34(24-22-31)39-28-29(3)38-25-7-5-2/h17-24,26-27,29H,4-16,25,28H2,1-3H3. The van der Waals surface area contributed by atoms with Crippen molar-refractivity contribution in [2.75, 3.05) is 13.2 Å². The summed E-state index contributed by atoms with van der Waals surface area (Å²) in [6.45, 7) is 7.85. The van der Waals surface area contributed by atoms with Crippen molar-refractivity contribution in [1.82, 2.24) is 9.97 Å². The minimum Gasteiger partial charge on any atom is -0.491 e. The number of aryl methyl sites for hydroxylation is 1. The largest absolute Gasteiger partial charge is 0.491 e. The van der Waals surface area contributed by atoms with E-state index in [1.807, 2.05) is 24.5 Å². The Morgan fingerprint density at radius 2 is 1.18 bits per heavy atom. The fourth-order valence-corrected chi connectivity index (χ4v) is 4.70. The van der Waals surface area contributed by atoms with E-state index in [1.54, 1.807) is 0 Å². The molecule has 0 spiro atoms. The monoisotopic (exact) mass is 530 g/mol. The van der Waals surface area contributed by atoms with Crippen LogP contribution in [-0.2, 0) is 11.2 Å². The summed E-state index contributed by atoms with van der Waals surface area (Å²) in [4.78, 5) is 9.28. The van der Waals surface area contributed by atoms with E-state index in [0.29, 0.717) is 6.61 Å². The molecular weight excluding hydrogens is 480 g/mol. The second kappa shape index (κ2) is 18.5. The first-order valence-corrected chi connectivity index (χ1v) is 15.5. The van der Waals surface area contributed by atoms with E-state index in [0.717, 1.165) is 54.1 Å².